The van der Waals surface area contributed by atoms with Gasteiger partial charge in [0.1, 0.15) is 5.82 Å². The third kappa shape index (κ3) is 3.67. The molecule has 4 rings (SSSR count). The van der Waals surface area contributed by atoms with Crippen molar-refractivity contribution < 1.29 is 9.18 Å². The Hall–Kier alpha value is -3.02. The molecule has 144 valence electrons. The van der Waals surface area contributed by atoms with E-state index in [0.717, 1.165) is 25.7 Å². The molecule has 1 atom stereocenters. The van der Waals surface area contributed by atoms with Crippen molar-refractivity contribution in [2.75, 3.05) is 0 Å². The molecule has 2 N–H and O–H groups in total. The molecule has 1 aliphatic carbocycles. The Morgan fingerprint density at radius 3 is 2.54 bits per heavy atom. The number of H-pyrrole nitrogens is 1. The Morgan fingerprint density at radius 1 is 1.11 bits per heavy atom. The zero-order valence-electron chi connectivity index (χ0n) is 15.5. The topological polar surface area (TPSA) is 74.8 Å². The van der Waals surface area contributed by atoms with Gasteiger partial charge in [-0.3, -0.25) is 9.59 Å². The van der Waals surface area contributed by atoms with E-state index in [-0.39, 0.29) is 35.7 Å². The molecule has 6 heteroatoms. The van der Waals surface area contributed by atoms with Crippen molar-refractivity contribution in [3.63, 3.8) is 0 Å². The molecular weight excluding hydrogens is 357 g/mol. The average molecular weight is 379 g/mol. The van der Waals surface area contributed by atoms with Crippen LogP contribution in [-0.2, 0) is 11.2 Å². The molecule has 5 nitrogen and oxygen atoms in total. The Morgan fingerprint density at radius 2 is 1.79 bits per heavy atom. The van der Waals surface area contributed by atoms with E-state index in [4.69, 9.17) is 0 Å². The van der Waals surface area contributed by atoms with Crippen LogP contribution in [0, 0.1) is 11.7 Å². The molecule has 0 bridgehead atoms. The van der Waals surface area contributed by atoms with Gasteiger partial charge in [-0.05, 0) is 30.9 Å². The van der Waals surface area contributed by atoms with E-state index >= 15 is 0 Å². The maximum absolute atomic E-state index is 14.4. The first kappa shape index (κ1) is 18.3. The summed E-state index contributed by atoms with van der Waals surface area (Å²) >= 11 is 0. The van der Waals surface area contributed by atoms with Crippen LogP contribution >= 0.6 is 0 Å². The van der Waals surface area contributed by atoms with Gasteiger partial charge in [0.05, 0.1) is 23.5 Å². The van der Waals surface area contributed by atoms with E-state index in [1.807, 2.05) is 6.07 Å². The number of aromatic nitrogens is 2. The molecule has 1 aromatic heterocycles. The quantitative estimate of drug-likeness (QED) is 0.711. The van der Waals surface area contributed by atoms with Gasteiger partial charge in [-0.25, -0.2) is 9.49 Å². The zero-order valence-corrected chi connectivity index (χ0v) is 15.5. The van der Waals surface area contributed by atoms with Crippen LogP contribution in [0.25, 0.3) is 10.8 Å². The predicted molar refractivity (Wildman–Crippen MR) is 105 cm³/mol. The minimum atomic E-state index is -0.356. The lowest BCUT2D eigenvalue weighted by Gasteiger charge is -2.25. The van der Waals surface area contributed by atoms with E-state index in [2.05, 4.69) is 15.5 Å². The van der Waals surface area contributed by atoms with Crippen molar-refractivity contribution in [2.45, 2.75) is 38.1 Å². The van der Waals surface area contributed by atoms with Gasteiger partial charge in [-0.15, -0.1) is 0 Å². The minimum absolute atomic E-state index is 0.0228. The maximum atomic E-state index is 14.4. The number of carbonyl (C=O) groups excluding carboxylic acids is 1. The molecule has 0 spiro atoms. The number of halogens is 1. The Kier molecular flexibility index (Phi) is 5.19. The first-order valence-corrected chi connectivity index (χ1v) is 9.63. The van der Waals surface area contributed by atoms with Crippen LogP contribution in [0.3, 0.4) is 0 Å². The summed E-state index contributed by atoms with van der Waals surface area (Å²) < 4.78 is 14.4. The standard InChI is InChI=1S/C22H22FN3O2/c23-18-12-6-5-11-17(18)21(14-7-1-2-8-14)24-20(27)13-19-15-9-3-4-10-16(15)22(28)26-25-19/h3-6,9-12,14,21H,1-2,7-8,13H2,(H,24,27)(H,26,28). The summed E-state index contributed by atoms with van der Waals surface area (Å²) in [4.78, 5) is 24.8. The minimum Gasteiger partial charge on any atom is -0.349 e. The van der Waals surface area contributed by atoms with E-state index < -0.39 is 0 Å². The third-order valence-corrected chi connectivity index (χ3v) is 5.53. The molecule has 1 saturated carbocycles. The Balaban J connectivity index is 1.60. The van der Waals surface area contributed by atoms with E-state index in [9.17, 15) is 14.0 Å². The number of rotatable bonds is 5. The van der Waals surface area contributed by atoms with E-state index in [1.54, 1.807) is 36.4 Å². The Labute approximate surface area is 162 Å². The number of carbonyl (C=O) groups is 1. The maximum Gasteiger partial charge on any atom is 0.272 e. The highest BCUT2D eigenvalue weighted by Crippen LogP contribution is 2.36. The molecule has 1 aliphatic rings. The van der Waals surface area contributed by atoms with Gasteiger partial charge >= 0.3 is 0 Å². The first-order valence-electron chi connectivity index (χ1n) is 9.63. The normalized spacial score (nSPS) is 15.6. The largest absolute Gasteiger partial charge is 0.349 e. The van der Waals surface area contributed by atoms with E-state index in [0.29, 0.717) is 22.0 Å². The van der Waals surface area contributed by atoms with Gasteiger partial charge in [-0.1, -0.05) is 49.2 Å². The van der Waals surface area contributed by atoms with Crippen molar-refractivity contribution in [3.8, 4) is 0 Å². The number of aromatic amines is 1. The summed E-state index contributed by atoms with van der Waals surface area (Å²) in [5.41, 5.74) is 0.753. The summed E-state index contributed by atoms with van der Waals surface area (Å²) in [5.74, 6) is -0.307. The monoisotopic (exact) mass is 379 g/mol. The molecule has 28 heavy (non-hydrogen) atoms. The molecular formula is C22H22FN3O2. The molecule has 0 aliphatic heterocycles. The second kappa shape index (κ2) is 7.92. The van der Waals surface area contributed by atoms with Crippen LogP contribution in [0.15, 0.2) is 53.3 Å². The van der Waals surface area contributed by atoms with Crippen LogP contribution in [-0.4, -0.2) is 16.1 Å². The van der Waals surface area contributed by atoms with Crippen LogP contribution in [0.1, 0.15) is 43.0 Å². The van der Waals surface area contributed by atoms with Crippen LogP contribution in [0.5, 0.6) is 0 Å². The van der Waals surface area contributed by atoms with Crippen molar-refractivity contribution in [3.05, 3.63) is 76.0 Å². The molecule has 1 amide bonds. The van der Waals surface area contributed by atoms with Gasteiger partial charge in [0.25, 0.3) is 5.56 Å². The summed E-state index contributed by atoms with van der Waals surface area (Å²) in [5, 5.41) is 10.7. The molecule has 2 aromatic carbocycles. The van der Waals surface area contributed by atoms with Gasteiger partial charge in [0, 0.05) is 10.9 Å². The second-order valence-corrected chi connectivity index (χ2v) is 7.33. The molecule has 1 fully saturated rings. The van der Waals surface area contributed by atoms with Crippen molar-refractivity contribution in [1.82, 2.24) is 15.5 Å². The fraction of sp³-hybridized carbons (Fsp3) is 0.318. The van der Waals surface area contributed by atoms with Gasteiger partial charge in [0.2, 0.25) is 5.91 Å². The van der Waals surface area contributed by atoms with Crippen LogP contribution in [0.4, 0.5) is 4.39 Å². The number of nitrogens with zero attached hydrogens (tertiary/aromatic N) is 1. The zero-order chi connectivity index (χ0) is 19.5. The SMILES string of the molecule is O=C(Cc1n[nH]c(=O)c2ccccc12)NC(c1ccccc1F)C1CCCC1. The summed E-state index contributed by atoms with van der Waals surface area (Å²) in [6.45, 7) is 0. The van der Waals surface area contributed by atoms with Crippen molar-refractivity contribution in [2.24, 2.45) is 5.92 Å². The van der Waals surface area contributed by atoms with Crippen molar-refractivity contribution >= 4 is 16.7 Å². The number of nitrogens with one attached hydrogen (secondary N) is 2. The number of hydrogen-bond acceptors (Lipinski definition) is 3. The highest BCUT2D eigenvalue weighted by atomic mass is 19.1. The van der Waals surface area contributed by atoms with Gasteiger partial charge in [-0.2, -0.15) is 5.10 Å². The van der Waals surface area contributed by atoms with Gasteiger partial charge < -0.3 is 5.32 Å². The number of amides is 1. The molecule has 0 radical (unpaired) electrons. The number of fused-ring (bicyclic) bond motifs is 1. The van der Waals surface area contributed by atoms with Gasteiger partial charge in [0.15, 0.2) is 0 Å². The lowest BCUT2D eigenvalue weighted by atomic mass is 9.91. The number of benzene rings is 2. The number of hydrogen-bond donors (Lipinski definition) is 2. The highest BCUT2D eigenvalue weighted by Gasteiger charge is 2.29. The molecule has 1 unspecified atom stereocenters. The van der Waals surface area contributed by atoms with E-state index in [1.165, 1.54) is 6.07 Å². The molecule has 3 aromatic rings. The van der Waals surface area contributed by atoms with Crippen molar-refractivity contribution in [1.29, 1.82) is 0 Å². The lowest BCUT2D eigenvalue weighted by Crippen LogP contribution is -2.34. The fourth-order valence-corrected chi connectivity index (χ4v) is 4.15. The third-order valence-electron chi connectivity index (χ3n) is 5.53. The smallest absolute Gasteiger partial charge is 0.272 e. The summed E-state index contributed by atoms with van der Waals surface area (Å²) in [7, 11) is 0. The predicted octanol–water partition coefficient (Wildman–Crippen LogP) is 3.65. The Bertz CT molecular complexity index is 1060. The lowest BCUT2D eigenvalue weighted by molar-refractivity contribution is -0.121. The van der Waals surface area contributed by atoms with Crippen LogP contribution < -0.4 is 10.9 Å². The average Bonchev–Trinajstić information content (AvgIpc) is 3.24. The molecule has 0 saturated heterocycles. The highest BCUT2D eigenvalue weighted by molar-refractivity contribution is 5.88. The fourth-order valence-electron chi connectivity index (χ4n) is 4.15. The first-order chi connectivity index (χ1) is 13.6. The summed E-state index contributed by atoms with van der Waals surface area (Å²) in [6, 6.07) is 13.3. The van der Waals surface area contributed by atoms with Crippen LogP contribution in [0.2, 0.25) is 0 Å². The second-order valence-electron chi connectivity index (χ2n) is 7.33. The summed E-state index contributed by atoms with van der Waals surface area (Å²) in [6.07, 6.45) is 4.16. The molecule has 1 heterocycles.